The zero-order valence-corrected chi connectivity index (χ0v) is 27.6. The van der Waals surface area contributed by atoms with Gasteiger partial charge in [-0.25, -0.2) is 12.8 Å². The van der Waals surface area contributed by atoms with Gasteiger partial charge in [0.1, 0.15) is 24.2 Å². The molecule has 0 aromatic heterocycles. The average Bonchev–Trinajstić information content (AvgIpc) is 3.59. The molecule has 11 heteroatoms. The Morgan fingerprint density at radius 1 is 0.936 bits per heavy atom. The number of nitrogens with one attached hydrogen (secondary N) is 1. The summed E-state index contributed by atoms with van der Waals surface area (Å²) in [5, 5.41) is 3.25. The normalized spacial score (nSPS) is 13.9. The number of methoxy groups -OCH3 is 1. The lowest BCUT2D eigenvalue weighted by Gasteiger charge is -2.34. The van der Waals surface area contributed by atoms with Gasteiger partial charge in [0, 0.05) is 24.6 Å². The Hall–Kier alpha value is -4.41. The number of hydrogen-bond donors (Lipinski definition) is 1. The maximum Gasteiger partial charge on any atom is 0.264 e. The molecule has 1 saturated carbocycles. The Kier molecular flexibility index (Phi) is 11.2. The first kappa shape index (κ1) is 33.9. The molecule has 8 nitrogen and oxygen atoms in total. The van der Waals surface area contributed by atoms with E-state index in [1.54, 1.807) is 36.4 Å². The summed E-state index contributed by atoms with van der Waals surface area (Å²) in [6.07, 6.45) is 3.77. The average molecular weight is 678 g/mol. The molecule has 246 valence electrons. The highest BCUT2D eigenvalue weighted by atomic mass is 35.5. The highest BCUT2D eigenvalue weighted by molar-refractivity contribution is 7.92. The van der Waals surface area contributed by atoms with E-state index in [4.69, 9.17) is 16.3 Å². The quantitative estimate of drug-likeness (QED) is 0.177. The number of halogens is 2. The van der Waals surface area contributed by atoms with Gasteiger partial charge in [0.2, 0.25) is 11.8 Å². The lowest BCUT2D eigenvalue weighted by Crippen LogP contribution is -2.54. The van der Waals surface area contributed by atoms with E-state index in [0.717, 1.165) is 35.6 Å². The molecule has 0 aliphatic heterocycles. The standard InChI is InChI=1S/C36H37ClFN3O5S/c1-46-34-21-20-29(23-31(34)37)41(47(44,45)30-17-6-3-7-18-30)25-35(42)40(24-27-14-8-11-19-32(27)38)33(22-26-12-4-2-5-13-26)36(43)39-28-15-9-10-16-28/h2-8,11-14,17-21,23,28,33H,9-10,15-16,22,24-25H2,1H3,(H,39,43). The van der Waals surface area contributed by atoms with Crippen LogP contribution in [0.1, 0.15) is 36.8 Å². The second-order valence-electron chi connectivity index (χ2n) is 11.5. The number of amides is 2. The van der Waals surface area contributed by atoms with E-state index in [9.17, 15) is 18.0 Å². The van der Waals surface area contributed by atoms with Crippen LogP contribution in [0.2, 0.25) is 5.02 Å². The van der Waals surface area contributed by atoms with Crippen LogP contribution >= 0.6 is 11.6 Å². The van der Waals surface area contributed by atoms with E-state index >= 15 is 4.39 Å². The SMILES string of the molecule is COc1ccc(N(CC(=O)N(Cc2ccccc2F)C(Cc2ccccc2)C(=O)NC2CCCC2)S(=O)(=O)c2ccccc2)cc1Cl. The van der Waals surface area contributed by atoms with Crippen LogP contribution in [-0.4, -0.2) is 50.9 Å². The number of sulfonamides is 1. The van der Waals surface area contributed by atoms with Gasteiger partial charge in [0.25, 0.3) is 10.0 Å². The molecule has 0 radical (unpaired) electrons. The van der Waals surface area contributed by atoms with Gasteiger partial charge in [-0.2, -0.15) is 0 Å². The minimum absolute atomic E-state index is 0.0393. The van der Waals surface area contributed by atoms with Crippen molar-refractivity contribution in [3.8, 4) is 5.75 Å². The smallest absolute Gasteiger partial charge is 0.264 e. The van der Waals surface area contributed by atoms with Gasteiger partial charge in [0.15, 0.2) is 0 Å². The van der Waals surface area contributed by atoms with Crippen molar-refractivity contribution < 1.29 is 27.1 Å². The molecular formula is C36H37ClFN3O5S. The fourth-order valence-electron chi connectivity index (χ4n) is 5.79. The second kappa shape index (κ2) is 15.5. The van der Waals surface area contributed by atoms with Crippen molar-refractivity contribution in [3.05, 3.63) is 125 Å². The van der Waals surface area contributed by atoms with Crippen LogP contribution in [0.4, 0.5) is 10.1 Å². The van der Waals surface area contributed by atoms with Gasteiger partial charge >= 0.3 is 0 Å². The third-order valence-corrected chi connectivity index (χ3v) is 10.4. The number of nitrogens with zero attached hydrogens (tertiary/aromatic N) is 2. The molecule has 1 aliphatic rings. The fraction of sp³-hybridized carbons (Fsp3) is 0.278. The molecule has 5 rings (SSSR count). The van der Waals surface area contributed by atoms with Gasteiger partial charge in [-0.1, -0.05) is 91.2 Å². The van der Waals surface area contributed by atoms with Crippen molar-refractivity contribution in [2.24, 2.45) is 0 Å². The number of rotatable bonds is 13. The summed E-state index contributed by atoms with van der Waals surface area (Å²) in [6.45, 7) is -0.944. The highest BCUT2D eigenvalue weighted by Crippen LogP contribution is 2.32. The number of carbonyl (C=O) groups is 2. The minimum Gasteiger partial charge on any atom is -0.495 e. The molecule has 47 heavy (non-hydrogen) atoms. The highest BCUT2D eigenvalue weighted by Gasteiger charge is 2.36. The summed E-state index contributed by atoms with van der Waals surface area (Å²) < 4.78 is 49.6. The zero-order chi connectivity index (χ0) is 33.4. The molecule has 1 atom stereocenters. The summed E-state index contributed by atoms with van der Waals surface area (Å²) in [4.78, 5) is 29.9. The van der Waals surface area contributed by atoms with Gasteiger partial charge in [-0.15, -0.1) is 0 Å². The zero-order valence-electron chi connectivity index (χ0n) is 26.0. The molecule has 4 aromatic carbocycles. The second-order valence-corrected chi connectivity index (χ2v) is 13.7. The lowest BCUT2D eigenvalue weighted by atomic mass is 10.0. The van der Waals surface area contributed by atoms with Crippen LogP contribution in [0.15, 0.2) is 108 Å². The minimum atomic E-state index is -4.31. The van der Waals surface area contributed by atoms with Crippen LogP contribution in [-0.2, 0) is 32.6 Å². The van der Waals surface area contributed by atoms with E-state index in [-0.39, 0.29) is 46.1 Å². The number of benzene rings is 4. The Morgan fingerprint density at radius 3 is 2.21 bits per heavy atom. The predicted octanol–water partition coefficient (Wildman–Crippen LogP) is 6.38. The summed E-state index contributed by atoms with van der Waals surface area (Å²) >= 11 is 6.42. The Labute approximate surface area is 280 Å². The number of anilines is 1. The van der Waals surface area contributed by atoms with E-state index in [1.165, 1.54) is 48.4 Å². The monoisotopic (exact) mass is 677 g/mol. The van der Waals surface area contributed by atoms with Crippen molar-refractivity contribution >= 4 is 39.1 Å². The van der Waals surface area contributed by atoms with Crippen LogP contribution in [0.5, 0.6) is 5.75 Å². The third-order valence-electron chi connectivity index (χ3n) is 8.30. The Bertz CT molecular complexity index is 1790. The van der Waals surface area contributed by atoms with Gasteiger partial charge < -0.3 is 15.0 Å². The Balaban J connectivity index is 1.58. The van der Waals surface area contributed by atoms with Gasteiger partial charge in [-0.05, 0) is 54.8 Å². The molecule has 1 unspecified atom stereocenters. The van der Waals surface area contributed by atoms with Crippen molar-refractivity contribution in [2.45, 2.75) is 55.6 Å². The molecule has 1 fully saturated rings. The molecule has 0 spiro atoms. The molecule has 2 amide bonds. The largest absolute Gasteiger partial charge is 0.495 e. The summed E-state index contributed by atoms with van der Waals surface area (Å²) in [6, 6.07) is 26.3. The van der Waals surface area contributed by atoms with Crippen molar-refractivity contribution in [1.82, 2.24) is 10.2 Å². The van der Waals surface area contributed by atoms with Crippen molar-refractivity contribution in [1.29, 1.82) is 0 Å². The van der Waals surface area contributed by atoms with Crippen molar-refractivity contribution in [2.75, 3.05) is 18.0 Å². The Morgan fingerprint density at radius 2 is 1.57 bits per heavy atom. The lowest BCUT2D eigenvalue weighted by molar-refractivity contribution is -0.140. The van der Waals surface area contributed by atoms with E-state index < -0.39 is 34.3 Å². The van der Waals surface area contributed by atoms with E-state index in [2.05, 4.69) is 5.32 Å². The van der Waals surface area contributed by atoms with Gasteiger partial charge in [0.05, 0.1) is 22.7 Å². The molecule has 1 aliphatic carbocycles. The third kappa shape index (κ3) is 8.31. The molecule has 4 aromatic rings. The number of carbonyl (C=O) groups excluding carboxylic acids is 2. The number of hydrogen-bond acceptors (Lipinski definition) is 5. The van der Waals surface area contributed by atoms with E-state index in [0.29, 0.717) is 5.75 Å². The predicted molar refractivity (Wildman–Crippen MR) is 180 cm³/mol. The van der Waals surface area contributed by atoms with Gasteiger partial charge in [-0.3, -0.25) is 13.9 Å². The molecule has 0 heterocycles. The first-order valence-electron chi connectivity index (χ1n) is 15.5. The van der Waals surface area contributed by atoms with Crippen LogP contribution < -0.4 is 14.4 Å². The van der Waals surface area contributed by atoms with Crippen molar-refractivity contribution in [3.63, 3.8) is 0 Å². The van der Waals surface area contributed by atoms with Crippen LogP contribution in [0, 0.1) is 5.82 Å². The first-order valence-corrected chi connectivity index (χ1v) is 17.3. The summed E-state index contributed by atoms with van der Waals surface area (Å²) in [5.41, 5.74) is 1.10. The summed E-state index contributed by atoms with van der Waals surface area (Å²) in [7, 11) is -2.87. The molecule has 1 N–H and O–H groups in total. The fourth-order valence-corrected chi connectivity index (χ4v) is 7.47. The number of ether oxygens (including phenoxy) is 1. The molecule has 0 bridgehead atoms. The van der Waals surface area contributed by atoms with E-state index in [1.807, 2.05) is 30.3 Å². The molecule has 0 saturated heterocycles. The molecular weight excluding hydrogens is 641 g/mol. The maximum atomic E-state index is 15.1. The maximum absolute atomic E-state index is 15.1. The van der Waals surface area contributed by atoms with Crippen LogP contribution in [0.3, 0.4) is 0 Å². The first-order chi connectivity index (χ1) is 22.7. The summed E-state index contributed by atoms with van der Waals surface area (Å²) in [5.74, 6) is -1.29. The topological polar surface area (TPSA) is 96.0 Å². The van der Waals surface area contributed by atoms with Crippen LogP contribution in [0.25, 0.3) is 0 Å².